The summed E-state index contributed by atoms with van der Waals surface area (Å²) in [6.07, 6.45) is 2.78. The van der Waals surface area contributed by atoms with E-state index in [4.69, 9.17) is 0 Å². The molecule has 0 aromatic heterocycles. The van der Waals surface area contributed by atoms with Gasteiger partial charge in [0.2, 0.25) is 10.0 Å². The molecule has 7 heteroatoms. The molecule has 0 heterocycles. The number of nitrogens with one attached hydrogen (secondary N) is 1. The molecule has 0 fully saturated rings. The molecular formula is C26H23N3O3S. The van der Waals surface area contributed by atoms with Crippen LogP contribution in [-0.2, 0) is 16.6 Å². The van der Waals surface area contributed by atoms with Crippen molar-refractivity contribution in [3.8, 4) is 0 Å². The van der Waals surface area contributed by atoms with Crippen molar-refractivity contribution in [1.29, 1.82) is 0 Å². The summed E-state index contributed by atoms with van der Waals surface area (Å²) >= 11 is 0. The summed E-state index contributed by atoms with van der Waals surface area (Å²) in [4.78, 5) is 12.5. The molecule has 1 amide bonds. The van der Waals surface area contributed by atoms with Crippen LogP contribution in [0.5, 0.6) is 0 Å². The maximum Gasteiger partial charge on any atom is 0.271 e. The number of carbonyl (C=O) groups excluding carboxylic acids is 1. The van der Waals surface area contributed by atoms with E-state index in [1.165, 1.54) is 10.6 Å². The Hall–Kier alpha value is -3.97. The number of carbonyl (C=O) groups is 1. The highest BCUT2D eigenvalue weighted by Gasteiger charge is 2.18. The predicted molar refractivity (Wildman–Crippen MR) is 133 cm³/mol. The minimum atomic E-state index is -3.50. The van der Waals surface area contributed by atoms with Gasteiger partial charge in [-0.25, -0.2) is 13.8 Å². The van der Waals surface area contributed by atoms with E-state index < -0.39 is 10.0 Å². The van der Waals surface area contributed by atoms with Crippen molar-refractivity contribution in [2.24, 2.45) is 5.10 Å². The van der Waals surface area contributed by atoms with Gasteiger partial charge in [0.1, 0.15) is 0 Å². The highest BCUT2D eigenvalue weighted by Crippen LogP contribution is 2.21. The standard InChI is InChI=1S/C26H23N3O3S/c1-33(31,32)29(19-20-8-3-2-4-9-20)24-16-14-22(15-17-24)26(30)28-27-18-23-12-7-11-21-10-5-6-13-25(21)23/h2-18H,19H2,1H3,(H,28,30)/b27-18+. The van der Waals surface area contributed by atoms with Gasteiger partial charge < -0.3 is 0 Å². The van der Waals surface area contributed by atoms with Crippen LogP contribution >= 0.6 is 0 Å². The van der Waals surface area contributed by atoms with Crippen molar-refractivity contribution in [1.82, 2.24) is 5.43 Å². The average molecular weight is 458 g/mol. The SMILES string of the molecule is CS(=O)(=O)N(Cc1ccccc1)c1ccc(C(=O)N/N=C/c2cccc3ccccc23)cc1. The summed E-state index contributed by atoms with van der Waals surface area (Å²) in [6, 6.07) is 29.6. The minimum absolute atomic E-state index is 0.209. The minimum Gasteiger partial charge on any atom is -0.267 e. The molecule has 1 N–H and O–H groups in total. The lowest BCUT2D eigenvalue weighted by Crippen LogP contribution is -2.29. The van der Waals surface area contributed by atoms with Gasteiger partial charge in [-0.05, 0) is 40.6 Å². The van der Waals surface area contributed by atoms with Crippen LogP contribution in [0.2, 0.25) is 0 Å². The van der Waals surface area contributed by atoms with Crippen LogP contribution in [-0.4, -0.2) is 26.8 Å². The van der Waals surface area contributed by atoms with Crippen LogP contribution in [0, 0.1) is 0 Å². The number of anilines is 1. The van der Waals surface area contributed by atoms with E-state index in [1.807, 2.05) is 72.8 Å². The van der Waals surface area contributed by atoms with Crippen LogP contribution in [0.25, 0.3) is 10.8 Å². The largest absolute Gasteiger partial charge is 0.271 e. The average Bonchev–Trinajstić information content (AvgIpc) is 2.83. The zero-order valence-electron chi connectivity index (χ0n) is 18.0. The molecule has 33 heavy (non-hydrogen) atoms. The third kappa shape index (κ3) is 5.45. The number of hydrogen-bond donors (Lipinski definition) is 1. The molecule has 4 rings (SSSR count). The summed E-state index contributed by atoms with van der Waals surface area (Å²) < 4.78 is 26.0. The predicted octanol–water partition coefficient (Wildman–Crippen LogP) is 4.57. The summed E-state index contributed by atoms with van der Waals surface area (Å²) in [5.74, 6) is -0.382. The second-order valence-electron chi connectivity index (χ2n) is 7.57. The second-order valence-corrected chi connectivity index (χ2v) is 9.48. The Morgan fingerprint density at radius 3 is 2.27 bits per heavy atom. The molecule has 0 aliphatic heterocycles. The maximum absolute atomic E-state index is 12.5. The molecule has 0 bridgehead atoms. The first-order valence-corrected chi connectivity index (χ1v) is 12.2. The van der Waals surface area contributed by atoms with E-state index >= 15 is 0 Å². The molecule has 0 aliphatic carbocycles. The molecule has 4 aromatic rings. The molecule has 0 spiro atoms. The zero-order chi connectivity index (χ0) is 23.3. The van der Waals surface area contributed by atoms with E-state index in [9.17, 15) is 13.2 Å². The highest BCUT2D eigenvalue weighted by atomic mass is 32.2. The molecule has 0 radical (unpaired) electrons. The van der Waals surface area contributed by atoms with Gasteiger partial charge in [0, 0.05) is 11.1 Å². The molecule has 0 saturated heterocycles. The Kier molecular flexibility index (Phi) is 6.51. The first-order valence-electron chi connectivity index (χ1n) is 10.3. The molecule has 6 nitrogen and oxygen atoms in total. The van der Waals surface area contributed by atoms with Crippen LogP contribution in [0.4, 0.5) is 5.69 Å². The Bertz CT molecular complexity index is 1390. The summed E-state index contributed by atoms with van der Waals surface area (Å²) in [7, 11) is -3.50. The number of amides is 1. The van der Waals surface area contributed by atoms with Gasteiger partial charge in [-0.1, -0.05) is 72.8 Å². The summed E-state index contributed by atoms with van der Waals surface area (Å²) in [6.45, 7) is 0.209. The summed E-state index contributed by atoms with van der Waals surface area (Å²) in [5.41, 5.74) is 5.15. The molecule has 0 saturated carbocycles. The topological polar surface area (TPSA) is 78.8 Å². The number of sulfonamides is 1. The van der Waals surface area contributed by atoms with Gasteiger partial charge in [0.05, 0.1) is 24.7 Å². The number of benzene rings is 4. The van der Waals surface area contributed by atoms with Crippen molar-refractivity contribution >= 4 is 38.6 Å². The van der Waals surface area contributed by atoms with E-state index in [-0.39, 0.29) is 12.5 Å². The molecule has 166 valence electrons. The van der Waals surface area contributed by atoms with E-state index in [0.717, 1.165) is 21.9 Å². The molecule has 4 aromatic carbocycles. The Morgan fingerprint density at radius 1 is 0.879 bits per heavy atom. The molecular weight excluding hydrogens is 434 g/mol. The van der Waals surface area contributed by atoms with Crippen LogP contribution in [0.3, 0.4) is 0 Å². The van der Waals surface area contributed by atoms with Gasteiger partial charge in [0.15, 0.2) is 0 Å². The molecule has 0 atom stereocenters. The van der Waals surface area contributed by atoms with Crippen molar-refractivity contribution in [3.05, 3.63) is 114 Å². The molecule has 0 unspecified atom stereocenters. The fraction of sp³-hybridized carbons (Fsp3) is 0.0769. The third-order valence-electron chi connectivity index (χ3n) is 5.18. The van der Waals surface area contributed by atoms with Gasteiger partial charge in [-0.3, -0.25) is 9.10 Å². The first kappa shape index (κ1) is 22.2. The Balaban J connectivity index is 1.47. The lowest BCUT2D eigenvalue weighted by atomic mass is 10.1. The number of hydrazone groups is 1. The fourth-order valence-electron chi connectivity index (χ4n) is 3.52. The number of nitrogens with zero attached hydrogens (tertiary/aromatic N) is 2. The van der Waals surface area contributed by atoms with Crippen molar-refractivity contribution in [2.75, 3.05) is 10.6 Å². The smallest absolute Gasteiger partial charge is 0.267 e. The maximum atomic E-state index is 12.5. The zero-order valence-corrected chi connectivity index (χ0v) is 18.9. The van der Waals surface area contributed by atoms with E-state index in [2.05, 4.69) is 10.5 Å². The number of fused-ring (bicyclic) bond motifs is 1. The van der Waals surface area contributed by atoms with Crippen molar-refractivity contribution in [3.63, 3.8) is 0 Å². The van der Waals surface area contributed by atoms with Crippen molar-refractivity contribution in [2.45, 2.75) is 6.54 Å². The monoisotopic (exact) mass is 457 g/mol. The van der Waals surface area contributed by atoms with Crippen LogP contribution < -0.4 is 9.73 Å². The van der Waals surface area contributed by atoms with E-state index in [1.54, 1.807) is 30.5 Å². The third-order valence-corrected chi connectivity index (χ3v) is 6.32. The fourth-order valence-corrected chi connectivity index (χ4v) is 4.40. The van der Waals surface area contributed by atoms with Gasteiger partial charge in [0.25, 0.3) is 5.91 Å². The lowest BCUT2D eigenvalue weighted by Gasteiger charge is -2.22. The number of rotatable bonds is 7. The van der Waals surface area contributed by atoms with Gasteiger partial charge in [-0.2, -0.15) is 5.10 Å². The quantitative estimate of drug-likeness (QED) is 0.326. The number of hydrogen-bond acceptors (Lipinski definition) is 4. The highest BCUT2D eigenvalue weighted by molar-refractivity contribution is 7.92. The summed E-state index contributed by atoms with van der Waals surface area (Å²) in [5, 5.41) is 6.22. The van der Waals surface area contributed by atoms with Crippen LogP contribution in [0.15, 0.2) is 102 Å². The van der Waals surface area contributed by atoms with E-state index in [0.29, 0.717) is 11.3 Å². The first-order chi connectivity index (χ1) is 15.9. The van der Waals surface area contributed by atoms with Gasteiger partial charge in [-0.15, -0.1) is 0 Å². The second kappa shape index (κ2) is 9.67. The normalized spacial score (nSPS) is 11.5. The Morgan fingerprint density at radius 2 is 1.55 bits per heavy atom. The van der Waals surface area contributed by atoms with Gasteiger partial charge >= 0.3 is 0 Å². The molecule has 0 aliphatic rings. The Labute approximate surface area is 193 Å². The lowest BCUT2D eigenvalue weighted by molar-refractivity contribution is 0.0955. The van der Waals surface area contributed by atoms with Crippen LogP contribution in [0.1, 0.15) is 21.5 Å². The van der Waals surface area contributed by atoms with Crippen molar-refractivity contribution < 1.29 is 13.2 Å².